The van der Waals surface area contributed by atoms with Crippen molar-refractivity contribution in [1.29, 1.82) is 0 Å². The smallest absolute Gasteiger partial charge is 0.168 e. The monoisotopic (exact) mass is 196 g/mol. The van der Waals surface area contributed by atoms with Crippen LogP contribution in [0, 0.1) is 11.7 Å². The molecule has 1 aromatic rings. The van der Waals surface area contributed by atoms with Crippen molar-refractivity contribution in [1.82, 2.24) is 0 Å². The van der Waals surface area contributed by atoms with Gasteiger partial charge in [0, 0.05) is 5.92 Å². The van der Waals surface area contributed by atoms with E-state index in [1.54, 1.807) is 19.1 Å². The molecule has 0 aliphatic heterocycles. The molecule has 3 heteroatoms. The number of carbonyl (C=O) groups is 1. The average molecular weight is 196 g/mol. The van der Waals surface area contributed by atoms with Gasteiger partial charge in [0.05, 0.1) is 0 Å². The second-order valence-corrected chi connectivity index (χ2v) is 3.47. The Labute approximate surface area is 82.4 Å². The molecule has 0 radical (unpaired) electrons. The van der Waals surface area contributed by atoms with Gasteiger partial charge >= 0.3 is 0 Å². The van der Waals surface area contributed by atoms with Crippen LogP contribution >= 0.6 is 0 Å². The summed E-state index contributed by atoms with van der Waals surface area (Å²) in [5.41, 5.74) is 0.382. The van der Waals surface area contributed by atoms with Crippen molar-refractivity contribution >= 4 is 5.78 Å². The lowest BCUT2D eigenvalue weighted by Crippen LogP contribution is -2.10. The Balaban J connectivity index is 2.87. The average Bonchev–Trinajstić information content (AvgIpc) is 2.12. The van der Waals surface area contributed by atoms with Crippen LogP contribution in [0.5, 0.6) is 5.75 Å². The summed E-state index contributed by atoms with van der Waals surface area (Å²) in [7, 11) is 0. The number of hydrogen-bond donors (Lipinski definition) is 1. The van der Waals surface area contributed by atoms with Crippen molar-refractivity contribution in [2.24, 2.45) is 5.92 Å². The molecule has 1 rings (SSSR count). The Morgan fingerprint density at radius 1 is 1.57 bits per heavy atom. The molecule has 0 aliphatic rings. The third-order valence-electron chi connectivity index (χ3n) is 2.28. The normalized spacial score (nSPS) is 12.5. The van der Waals surface area contributed by atoms with Crippen LogP contribution in [0.15, 0.2) is 18.2 Å². The Morgan fingerprint density at radius 3 is 2.79 bits per heavy atom. The zero-order valence-electron chi connectivity index (χ0n) is 8.25. The highest BCUT2D eigenvalue weighted by Crippen LogP contribution is 2.21. The lowest BCUT2D eigenvalue weighted by Gasteiger charge is -2.08. The maximum atomic E-state index is 13.3. The zero-order chi connectivity index (χ0) is 10.7. The third kappa shape index (κ3) is 2.31. The number of phenolic OH excluding ortho intramolecular Hbond substituents is 1. The number of phenols is 1. The van der Waals surface area contributed by atoms with Crippen LogP contribution in [0.3, 0.4) is 0 Å². The van der Waals surface area contributed by atoms with Crippen LogP contribution in [0.4, 0.5) is 4.39 Å². The number of carbonyl (C=O) groups excluding carboxylic acids is 1. The summed E-state index contributed by atoms with van der Waals surface area (Å²) in [5.74, 6) is -1.18. The second-order valence-electron chi connectivity index (χ2n) is 3.47. The largest absolute Gasteiger partial charge is 0.505 e. The first kappa shape index (κ1) is 10.7. The molecule has 1 aromatic carbocycles. The van der Waals surface area contributed by atoms with Gasteiger partial charge in [-0.3, -0.25) is 4.79 Å². The fourth-order valence-electron chi connectivity index (χ4n) is 1.20. The third-order valence-corrected chi connectivity index (χ3v) is 2.28. The van der Waals surface area contributed by atoms with E-state index in [9.17, 15) is 9.18 Å². The Bertz CT molecular complexity index is 347. The van der Waals surface area contributed by atoms with Crippen LogP contribution in [0.2, 0.25) is 0 Å². The summed E-state index contributed by atoms with van der Waals surface area (Å²) in [6, 6.07) is 4.44. The van der Waals surface area contributed by atoms with Gasteiger partial charge in [0.15, 0.2) is 11.6 Å². The maximum Gasteiger partial charge on any atom is 0.168 e. The lowest BCUT2D eigenvalue weighted by atomic mass is 9.97. The SMILES string of the molecule is CC(=O)C(C)Cc1cccc(O)c1F. The molecule has 2 nitrogen and oxygen atoms in total. The molecule has 0 spiro atoms. The quantitative estimate of drug-likeness (QED) is 0.805. The van der Waals surface area contributed by atoms with Gasteiger partial charge in [-0.2, -0.15) is 0 Å². The van der Waals surface area contributed by atoms with E-state index >= 15 is 0 Å². The molecule has 1 unspecified atom stereocenters. The lowest BCUT2D eigenvalue weighted by molar-refractivity contribution is -0.120. The van der Waals surface area contributed by atoms with Crippen LogP contribution in [-0.4, -0.2) is 10.9 Å². The summed E-state index contributed by atoms with van der Waals surface area (Å²) in [6.45, 7) is 3.22. The van der Waals surface area contributed by atoms with Gasteiger partial charge in [-0.15, -0.1) is 0 Å². The van der Waals surface area contributed by atoms with Crippen LogP contribution in [0.25, 0.3) is 0 Å². The number of benzene rings is 1. The number of hydrogen-bond acceptors (Lipinski definition) is 2. The first-order valence-electron chi connectivity index (χ1n) is 4.49. The van der Waals surface area contributed by atoms with Crippen LogP contribution < -0.4 is 0 Å². The van der Waals surface area contributed by atoms with E-state index in [-0.39, 0.29) is 17.5 Å². The van der Waals surface area contributed by atoms with Gasteiger partial charge in [-0.25, -0.2) is 4.39 Å². The molecule has 0 bridgehead atoms. The highest BCUT2D eigenvalue weighted by Gasteiger charge is 2.13. The fourth-order valence-corrected chi connectivity index (χ4v) is 1.20. The molecule has 14 heavy (non-hydrogen) atoms. The molecule has 0 saturated heterocycles. The van der Waals surface area contributed by atoms with E-state index in [4.69, 9.17) is 5.11 Å². The predicted octanol–water partition coefficient (Wildman–Crippen LogP) is 2.30. The van der Waals surface area contributed by atoms with Gasteiger partial charge in [-0.1, -0.05) is 19.1 Å². The number of rotatable bonds is 3. The first-order chi connectivity index (χ1) is 6.52. The minimum atomic E-state index is -0.624. The van der Waals surface area contributed by atoms with E-state index in [2.05, 4.69) is 0 Å². The van der Waals surface area contributed by atoms with Gasteiger partial charge in [0.25, 0.3) is 0 Å². The molecule has 1 N–H and O–H groups in total. The second kappa shape index (κ2) is 4.22. The van der Waals surface area contributed by atoms with E-state index in [1.165, 1.54) is 13.0 Å². The molecule has 0 amide bonds. The summed E-state index contributed by atoms with van der Waals surface area (Å²) < 4.78 is 13.3. The van der Waals surface area contributed by atoms with Crippen molar-refractivity contribution < 1.29 is 14.3 Å². The fraction of sp³-hybridized carbons (Fsp3) is 0.364. The van der Waals surface area contributed by atoms with Crippen LogP contribution in [-0.2, 0) is 11.2 Å². The van der Waals surface area contributed by atoms with E-state index < -0.39 is 5.82 Å². The van der Waals surface area contributed by atoms with Crippen molar-refractivity contribution in [2.75, 3.05) is 0 Å². The standard InChI is InChI=1S/C11H13FO2/c1-7(8(2)13)6-9-4-3-5-10(14)11(9)12/h3-5,7,14H,6H2,1-2H3. The summed E-state index contributed by atoms with van der Waals surface area (Å²) in [6.07, 6.45) is 0.329. The molecule has 0 aliphatic carbocycles. The molecule has 1 atom stereocenters. The van der Waals surface area contributed by atoms with Crippen molar-refractivity contribution in [3.63, 3.8) is 0 Å². The maximum absolute atomic E-state index is 13.3. The number of halogens is 1. The molecule has 0 heterocycles. The van der Waals surface area contributed by atoms with E-state index in [0.29, 0.717) is 12.0 Å². The Morgan fingerprint density at radius 2 is 2.21 bits per heavy atom. The highest BCUT2D eigenvalue weighted by molar-refractivity contribution is 5.78. The Hall–Kier alpha value is -1.38. The number of Topliss-reactive ketones (excluding diaryl/α,β-unsaturated/α-hetero) is 1. The van der Waals surface area contributed by atoms with Gasteiger partial charge < -0.3 is 5.11 Å². The molecular weight excluding hydrogens is 183 g/mol. The minimum absolute atomic E-state index is 0.0211. The number of aromatic hydroxyl groups is 1. The summed E-state index contributed by atoms with van der Waals surface area (Å²) >= 11 is 0. The van der Waals surface area contributed by atoms with E-state index in [1.807, 2.05) is 0 Å². The topological polar surface area (TPSA) is 37.3 Å². The van der Waals surface area contributed by atoms with Crippen LogP contribution in [0.1, 0.15) is 19.4 Å². The molecule has 0 saturated carbocycles. The van der Waals surface area contributed by atoms with Crippen molar-refractivity contribution in [2.45, 2.75) is 20.3 Å². The molecule has 0 aromatic heterocycles. The summed E-state index contributed by atoms with van der Waals surface area (Å²) in [4.78, 5) is 11.0. The summed E-state index contributed by atoms with van der Waals surface area (Å²) in [5, 5.41) is 9.09. The highest BCUT2D eigenvalue weighted by atomic mass is 19.1. The van der Waals surface area contributed by atoms with Crippen molar-refractivity contribution in [3.8, 4) is 5.75 Å². The van der Waals surface area contributed by atoms with E-state index in [0.717, 1.165) is 0 Å². The van der Waals surface area contributed by atoms with Gasteiger partial charge in [0.2, 0.25) is 0 Å². The van der Waals surface area contributed by atoms with Crippen molar-refractivity contribution in [3.05, 3.63) is 29.6 Å². The number of ketones is 1. The minimum Gasteiger partial charge on any atom is -0.505 e. The Kier molecular flexibility index (Phi) is 3.23. The zero-order valence-corrected chi connectivity index (χ0v) is 8.25. The molecular formula is C11H13FO2. The first-order valence-corrected chi connectivity index (χ1v) is 4.49. The molecule has 0 fully saturated rings. The van der Waals surface area contributed by atoms with Gasteiger partial charge in [0.1, 0.15) is 5.78 Å². The molecule has 76 valence electrons. The van der Waals surface area contributed by atoms with Gasteiger partial charge in [-0.05, 0) is 25.0 Å². The predicted molar refractivity (Wildman–Crippen MR) is 51.6 cm³/mol.